The highest BCUT2D eigenvalue weighted by Crippen LogP contribution is 2.16. The zero-order chi connectivity index (χ0) is 14.5. The summed E-state index contributed by atoms with van der Waals surface area (Å²) in [4.78, 5) is 9.45. The second-order valence-corrected chi connectivity index (χ2v) is 5.97. The van der Waals surface area contributed by atoms with Gasteiger partial charge in [0, 0.05) is 44.3 Å². The predicted molar refractivity (Wildman–Crippen MR) is 90.8 cm³/mol. The van der Waals surface area contributed by atoms with E-state index in [0.29, 0.717) is 0 Å². The van der Waals surface area contributed by atoms with Crippen molar-refractivity contribution in [3.63, 3.8) is 0 Å². The van der Waals surface area contributed by atoms with Crippen molar-refractivity contribution < 1.29 is 0 Å². The minimum Gasteiger partial charge on any atom is -0.354 e. The zero-order valence-corrected chi connectivity index (χ0v) is 13.7. The molecule has 110 valence electrons. The zero-order valence-electron chi connectivity index (χ0n) is 12.1. The lowest BCUT2D eigenvalue weighted by Crippen LogP contribution is -2.46. The molecule has 0 saturated carbocycles. The monoisotopic (exact) mass is 345 g/mol. The van der Waals surface area contributed by atoms with Crippen LogP contribution in [0.3, 0.4) is 0 Å². The Bertz CT molecular complexity index is 548. The maximum Gasteiger partial charge on any atom is 0.128 e. The van der Waals surface area contributed by atoms with Crippen molar-refractivity contribution in [3.05, 3.63) is 59.8 Å². The van der Waals surface area contributed by atoms with Crippen molar-refractivity contribution in [1.82, 2.24) is 9.88 Å². The molecule has 0 spiro atoms. The topological polar surface area (TPSA) is 19.4 Å². The molecule has 1 aliphatic heterocycles. The molecule has 2 aromatic rings. The molecule has 3 nitrogen and oxygen atoms in total. The van der Waals surface area contributed by atoms with Gasteiger partial charge in [-0.1, -0.05) is 52.3 Å². The van der Waals surface area contributed by atoms with E-state index < -0.39 is 0 Å². The Morgan fingerprint density at radius 1 is 0.905 bits per heavy atom. The Labute approximate surface area is 134 Å². The first-order valence-corrected chi connectivity index (χ1v) is 8.49. The van der Waals surface area contributed by atoms with Crippen molar-refractivity contribution >= 4 is 21.7 Å². The van der Waals surface area contributed by atoms with E-state index in [1.165, 1.54) is 11.1 Å². The fourth-order valence-corrected chi connectivity index (χ4v) is 2.99. The molecule has 0 N–H and O–H groups in total. The van der Waals surface area contributed by atoms with Crippen LogP contribution in [0.4, 0.5) is 5.82 Å². The molecule has 0 bridgehead atoms. The van der Waals surface area contributed by atoms with Gasteiger partial charge in [-0.15, -0.1) is 0 Å². The first kappa shape index (κ1) is 14.5. The summed E-state index contributed by atoms with van der Waals surface area (Å²) >= 11 is 3.46. The van der Waals surface area contributed by atoms with Crippen molar-refractivity contribution in [2.45, 2.75) is 11.9 Å². The van der Waals surface area contributed by atoms with E-state index >= 15 is 0 Å². The van der Waals surface area contributed by atoms with Gasteiger partial charge in [-0.2, -0.15) is 0 Å². The summed E-state index contributed by atoms with van der Waals surface area (Å²) in [6.07, 6.45) is 1.96. The maximum absolute atomic E-state index is 4.56. The number of rotatable bonds is 4. The average molecular weight is 346 g/mol. The molecule has 0 unspecified atom stereocenters. The van der Waals surface area contributed by atoms with Crippen LogP contribution in [0.15, 0.2) is 48.7 Å². The van der Waals surface area contributed by atoms with Gasteiger partial charge in [-0.3, -0.25) is 4.90 Å². The molecule has 1 saturated heterocycles. The number of hydrogen-bond donors (Lipinski definition) is 0. The molecule has 0 atom stereocenters. The minimum atomic E-state index is 0.866. The van der Waals surface area contributed by atoms with Gasteiger partial charge >= 0.3 is 0 Å². The smallest absolute Gasteiger partial charge is 0.128 e. The number of alkyl halides is 1. The van der Waals surface area contributed by atoms with Crippen molar-refractivity contribution in [3.8, 4) is 0 Å². The van der Waals surface area contributed by atoms with Crippen LogP contribution in [0.25, 0.3) is 0 Å². The van der Waals surface area contributed by atoms with E-state index in [9.17, 15) is 0 Å². The van der Waals surface area contributed by atoms with Gasteiger partial charge in [0.2, 0.25) is 0 Å². The van der Waals surface area contributed by atoms with E-state index in [2.05, 4.69) is 73.2 Å². The summed E-state index contributed by atoms with van der Waals surface area (Å²) in [5, 5.41) is 0.866. The number of nitrogens with zero attached hydrogens (tertiary/aromatic N) is 3. The van der Waals surface area contributed by atoms with E-state index in [1.807, 2.05) is 6.20 Å². The van der Waals surface area contributed by atoms with E-state index in [4.69, 9.17) is 0 Å². The van der Waals surface area contributed by atoms with Gasteiger partial charge in [0.05, 0.1) is 0 Å². The second kappa shape index (κ2) is 7.05. The Morgan fingerprint density at radius 3 is 2.29 bits per heavy atom. The average Bonchev–Trinajstić information content (AvgIpc) is 2.57. The fraction of sp³-hybridized carbons (Fsp3) is 0.353. The molecular weight excluding hydrogens is 326 g/mol. The van der Waals surface area contributed by atoms with Gasteiger partial charge in [0.15, 0.2) is 0 Å². The molecule has 21 heavy (non-hydrogen) atoms. The SMILES string of the molecule is BrCc1ccc(N2CCN(Cc3ccccc3)CC2)nc1. The maximum atomic E-state index is 4.56. The van der Waals surface area contributed by atoms with Gasteiger partial charge < -0.3 is 4.90 Å². The van der Waals surface area contributed by atoms with Crippen LogP contribution in [0, 0.1) is 0 Å². The van der Waals surface area contributed by atoms with E-state index in [-0.39, 0.29) is 0 Å². The van der Waals surface area contributed by atoms with Gasteiger partial charge in [0.25, 0.3) is 0 Å². The van der Waals surface area contributed by atoms with Crippen LogP contribution in [0.1, 0.15) is 11.1 Å². The molecule has 0 amide bonds. The van der Waals surface area contributed by atoms with Crippen LogP contribution in [-0.2, 0) is 11.9 Å². The van der Waals surface area contributed by atoms with Gasteiger partial charge in [-0.05, 0) is 17.2 Å². The first-order valence-electron chi connectivity index (χ1n) is 7.37. The molecule has 3 rings (SSSR count). The lowest BCUT2D eigenvalue weighted by atomic mass is 10.2. The quantitative estimate of drug-likeness (QED) is 0.792. The molecule has 4 heteroatoms. The normalized spacial score (nSPS) is 16.1. The third kappa shape index (κ3) is 3.83. The predicted octanol–water partition coefficient (Wildman–Crippen LogP) is 3.30. The molecule has 1 fully saturated rings. The highest BCUT2D eigenvalue weighted by atomic mass is 79.9. The highest BCUT2D eigenvalue weighted by Gasteiger charge is 2.17. The van der Waals surface area contributed by atoms with Crippen molar-refractivity contribution in [1.29, 1.82) is 0 Å². The molecule has 2 heterocycles. The second-order valence-electron chi connectivity index (χ2n) is 5.41. The third-order valence-corrected chi connectivity index (χ3v) is 4.56. The Kier molecular flexibility index (Phi) is 4.88. The Morgan fingerprint density at radius 2 is 1.67 bits per heavy atom. The van der Waals surface area contributed by atoms with Gasteiger partial charge in [-0.25, -0.2) is 4.98 Å². The number of benzene rings is 1. The molecule has 0 aliphatic carbocycles. The lowest BCUT2D eigenvalue weighted by Gasteiger charge is -2.35. The molecular formula is C17H20BrN3. The molecule has 0 radical (unpaired) electrons. The highest BCUT2D eigenvalue weighted by molar-refractivity contribution is 9.08. The van der Waals surface area contributed by atoms with Crippen LogP contribution >= 0.6 is 15.9 Å². The standard InChI is InChI=1S/C17H20BrN3/c18-12-16-6-7-17(19-13-16)21-10-8-20(9-11-21)14-15-4-2-1-3-5-15/h1-7,13H,8-12,14H2. The summed E-state index contributed by atoms with van der Waals surface area (Å²) < 4.78 is 0. The number of hydrogen-bond acceptors (Lipinski definition) is 3. The number of anilines is 1. The van der Waals surface area contributed by atoms with Gasteiger partial charge in [0.1, 0.15) is 5.82 Å². The Balaban J connectivity index is 1.54. The summed E-state index contributed by atoms with van der Waals surface area (Å²) in [5.74, 6) is 1.10. The molecule has 1 aliphatic rings. The van der Waals surface area contributed by atoms with E-state index in [0.717, 1.165) is 43.9 Å². The van der Waals surface area contributed by atoms with Crippen LogP contribution in [0.2, 0.25) is 0 Å². The van der Waals surface area contributed by atoms with Crippen LogP contribution in [0.5, 0.6) is 0 Å². The van der Waals surface area contributed by atoms with Crippen molar-refractivity contribution in [2.75, 3.05) is 31.1 Å². The number of piperazine rings is 1. The van der Waals surface area contributed by atoms with Crippen molar-refractivity contribution in [2.24, 2.45) is 0 Å². The number of aromatic nitrogens is 1. The fourth-order valence-electron chi connectivity index (χ4n) is 2.66. The van der Waals surface area contributed by atoms with Crippen LogP contribution < -0.4 is 4.90 Å². The van der Waals surface area contributed by atoms with E-state index in [1.54, 1.807) is 0 Å². The lowest BCUT2D eigenvalue weighted by molar-refractivity contribution is 0.249. The number of pyridine rings is 1. The van der Waals surface area contributed by atoms with Crippen LogP contribution in [-0.4, -0.2) is 36.1 Å². The summed E-state index contributed by atoms with van der Waals surface area (Å²) in [6.45, 7) is 5.33. The largest absolute Gasteiger partial charge is 0.354 e. The first-order chi connectivity index (χ1) is 10.3. The summed E-state index contributed by atoms with van der Waals surface area (Å²) in [7, 11) is 0. The molecule has 1 aromatic carbocycles. The minimum absolute atomic E-state index is 0.866. The summed E-state index contributed by atoms with van der Waals surface area (Å²) in [5.41, 5.74) is 2.62. The molecule has 1 aromatic heterocycles. The summed E-state index contributed by atoms with van der Waals surface area (Å²) in [6, 6.07) is 15.0. The number of halogens is 1. The third-order valence-electron chi connectivity index (χ3n) is 3.91. The Hall–Kier alpha value is -1.39.